The molecule has 108 valence electrons. The molecule has 1 aliphatic heterocycles. The first kappa shape index (κ1) is 14.2. The molecule has 3 rings (SSSR count). The van der Waals surface area contributed by atoms with Crippen molar-refractivity contribution in [2.75, 3.05) is 6.54 Å². The molecular weight excluding hydrogens is 300 g/mol. The average molecular weight is 316 g/mol. The maximum atomic E-state index is 12.2. The molecule has 2 heterocycles. The van der Waals surface area contributed by atoms with Gasteiger partial charge in [-0.05, 0) is 48.6 Å². The Morgan fingerprint density at radius 2 is 2.05 bits per heavy atom. The molecule has 1 N–H and O–H groups in total. The minimum Gasteiger partial charge on any atom is -0.341 e. The molecule has 0 spiro atoms. The molecule has 3 nitrogen and oxygen atoms in total. The Kier molecular flexibility index (Phi) is 4.31. The molecule has 1 atom stereocenters. The van der Waals surface area contributed by atoms with Crippen LogP contribution in [0.25, 0.3) is 0 Å². The van der Waals surface area contributed by atoms with Gasteiger partial charge < -0.3 is 4.90 Å². The number of carbonyl (C=O) groups excluding carboxylic acids is 1. The molecule has 0 radical (unpaired) electrons. The summed E-state index contributed by atoms with van der Waals surface area (Å²) in [5.41, 5.74) is 0.631. The first-order valence-electron chi connectivity index (χ1n) is 6.96. The van der Waals surface area contributed by atoms with Crippen LogP contribution < -0.4 is 5.32 Å². The predicted molar refractivity (Wildman–Crippen MR) is 89.5 cm³/mol. The number of likely N-dealkylation sites (tertiary alicyclic amines) is 1. The number of thiocarbonyl (C=S) groups is 1. The Morgan fingerprint density at radius 3 is 2.76 bits per heavy atom. The molecule has 0 bridgehead atoms. The molecule has 1 saturated heterocycles. The number of benzene rings is 1. The zero-order valence-electron chi connectivity index (χ0n) is 11.5. The SMILES string of the molecule is O=C(NC(=S)N1CCCC1c1cccs1)c1ccccc1. The van der Waals surface area contributed by atoms with E-state index in [-0.39, 0.29) is 5.91 Å². The normalized spacial score (nSPS) is 17.7. The van der Waals surface area contributed by atoms with Crippen molar-refractivity contribution in [3.63, 3.8) is 0 Å². The molecule has 0 saturated carbocycles. The molecule has 0 aliphatic carbocycles. The van der Waals surface area contributed by atoms with Gasteiger partial charge in [0, 0.05) is 17.0 Å². The number of nitrogens with one attached hydrogen (secondary N) is 1. The van der Waals surface area contributed by atoms with Gasteiger partial charge in [0.15, 0.2) is 5.11 Å². The highest BCUT2D eigenvalue weighted by Gasteiger charge is 2.29. The fourth-order valence-corrected chi connectivity index (χ4v) is 3.80. The van der Waals surface area contributed by atoms with Gasteiger partial charge in [-0.1, -0.05) is 24.3 Å². The minimum absolute atomic E-state index is 0.141. The van der Waals surface area contributed by atoms with Gasteiger partial charge in [0.05, 0.1) is 6.04 Å². The van der Waals surface area contributed by atoms with Crippen molar-refractivity contribution in [1.82, 2.24) is 10.2 Å². The summed E-state index contributed by atoms with van der Waals surface area (Å²) in [6.45, 7) is 0.899. The Morgan fingerprint density at radius 1 is 1.24 bits per heavy atom. The zero-order valence-corrected chi connectivity index (χ0v) is 13.1. The number of nitrogens with zero attached hydrogens (tertiary/aromatic N) is 1. The molecule has 1 aromatic carbocycles. The number of hydrogen-bond acceptors (Lipinski definition) is 3. The lowest BCUT2D eigenvalue weighted by Crippen LogP contribution is -2.42. The molecule has 21 heavy (non-hydrogen) atoms. The van der Waals surface area contributed by atoms with Gasteiger partial charge in [-0.2, -0.15) is 0 Å². The van der Waals surface area contributed by atoms with Crippen molar-refractivity contribution < 1.29 is 4.79 Å². The second kappa shape index (κ2) is 6.37. The fraction of sp³-hybridized carbons (Fsp3) is 0.250. The lowest BCUT2D eigenvalue weighted by atomic mass is 10.2. The van der Waals surface area contributed by atoms with Gasteiger partial charge in [-0.25, -0.2) is 0 Å². The lowest BCUT2D eigenvalue weighted by Gasteiger charge is -2.26. The Labute approximate surface area is 133 Å². The van der Waals surface area contributed by atoms with E-state index >= 15 is 0 Å². The van der Waals surface area contributed by atoms with Crippen LogP contribution in [-0.2, 0) is 0 Å². The number of carbonyl (C=O) groups is 1. The molecule has 2 aromatic rings. The zero-order chi connectivity index (χ0) is 14.7. The van der Waals surface area contributed by atoms with Gasteiger partial charge in [0.25, 0.3) is 5.91 Å². The first-order valence-corrected chi connectivity index (χ1v) is 8.25. The van der Waals surface area contributed by atoms with Crippen LogP contribution in [0.4, 0.5) is 0 Å². The monoisotopic (exact) mass is 316 g/mol. The van der Waals surface area contributed by atoms with Crippen LogP contribution in [-0.4, -0.2) is 22.5 Å². The highest BCUT2D eigenvalue weighted by molar-refractivity contribution is 7.80. The van der Waals surface area contributed by atoms with Crippen molar-refractivity contribution in [1.29, 1.82) is 0 Å². The maximum absolute atomic E-state index is 12.2. The smallest absolute Gasteiger partial charge is 0.257 e. The Bertz CT molecular complexity index is 625. The average Bonchev–Trinajstić information content (AvgIpc) is 3.18. The molecule has 1 aromatic heterocycles. The van der Waals surface area contributed by atoms with Crippen molar-refractivity contribution in [2.45, 2.75) is 18.9 Å². The van der Waals surface area contributed by atoms with E-state index in [1.807, 2.05) is 18.2 Å². The van der Waals surface area contributed by atoms with Crippen molar-refractivity contribution >= 4 is 34.6 Å². The van der Waals surface area contributed by atoms with E-state index in [1.165, 1.54) is 4.88 Å². The second-order valence-corrected chi connectivity index (χ2v) is 6.36. The van der Waals surface area contributed by atoms with Crippen LogP contribution in [0.3, 0.4) is 0 Å². The predicted octanol–water partition coefficient (Wildman–Crippen LogP) is 3.60. The highest BCUT2D eigenvalue weighted by atomic mass is 32.1. The summed E-state index contributed by atoms with van der Waals surface area (Å²) in [5.74, 6) is -0.141. The molecule has 1 aliphatic rings. The number of amides is 1. The summed E-state index contributed by atoms with van der Waals surface area (Å²) in [4.78, 5) is 15.6. The summed E-state index contributed by atoms with van der Waals surface area (Å²) in [6, 6.07) is 13.7. The summed E-state index contributed by atoms with van der Waals surface area (Å²) in [6.07, 6.45) is 2.19. The third-order valence-corrected chi connectivity index (χ3v) is 4.95. The van der Waals surface area contributed by atoms with Gasteiger partial charge in [-0.3, -0.25) is 10.1 Å². The Balaban J connectivity index is 1.69. The number of hydrogen-bond donors (Lipinski definition) is 1. The fourth-order valence-electron chi connectivity index (χ4n) is 2.62. The molecule has 1 amide bonds. The topological polar surface area (TPSA) is 32.3 Å². The molecule has 1 unspecified atom stereocenters. The standard InChI is InChI=1S/C16H16N2OS2/c19-15(12-6-2-1-3-7-12)17-16(20)18-10-4-8-13(18)14-9-5-11-21-14/h1-3,5-7,9,11,13H,4,8,10H2,(H,17,19,20). The van der Waals surface area contributed by atoms with Crippen molar-refractivity contribution in [3.8, 4) is 0 Å². The van der Waals surface area contributed by atoms with E-state index in [0.717, 1.165) is 19.4 Å². The lowest BCUT2D eigenvalue weighted by molar-refractivity contribution is 0.0973. The van der Waals surface area contributed by atoms with E-state index in [0.29, 0.717) is 16.7 Å². The minimum atomic E-state index is -0.141. The van der Waals surface area contributed by atoms with Crippen molar-refractivity contribution in [3.05, 3.63) is 58.3 Å². The second-order valence-electron chi connectivity index (χ2n) is 4.99. The molecular formula is C16H16N2OS2. The highest BCUT2D eigenvalue weighted by Crippen LogP contribution is 2.34. The third-order valence-electron chi connectivity index (χ3n) is 3.64. The first-order chi connectivity index (χ1) is 10.3. The van der Waals surface area contributed by atoms with Crippen LogP contribution >= 0.6 is 23.6 Å². The summed E-state index contributed by atoms with van der Waals surface area (Å²) < 4.78 is 0. The van der Waals surface area contributed by atoms with Crippen LogP contribution in [0, 0.1) is 0 Å². The van der Waals surface area contributed by atoms with Gasteiger partial charge in [0.1, 0.15) is 0 Å². The van der Waals surface area contributed by atoms with E-state index in [9.17, 15) is 4.79 Å². The van der Waals surface area contributed by atoms with Crippen LogP contribution in [0.2, 0.25) is 0 Å². The third kappa shape index (κ3) is 3.14. The van der Waals surface area contributed by atoms with E-state index in [2.05, 4.69) is 27.7 Å². The maximum Gasteiger partial charge on any atom is 0.257 e. The van der Waals surface area contributed by atoms with E-state index in [4.69, 9.17) is 12.2 Å². The summed E-state index contributed by atoms with van der Waals surface area (Å²) in [5, 5.41) is 5.46. The van der Waals surface area contributed by atoms with Crippen LogP contribution in [0.15, 0.2) is 47.8 Å². The molecule has 1 fully saturated rings. The number of thiophene rings is 1. The molecule has 5 heteroatoms. The van der Waals surface area contributed by atoms with Crippen LogP contribution in [0.5, 0.6) is 0 Å². The van der Waals surface area contributed by atoms with Crippen molar-refractivity contribution in [2.24, 2.45) is 0 Å². The number of rotatable bonds is 2. The van der Waals surface area contributed by atoms with Gasteiger partial charge in [0.2, 0.25) is 0 Å². The van der Waals surface area contributed by atoms with Gasteiger partial charge >= 0.3 is 0 Å². The van der Waals surface area contributed by atoms with Crippen LogP contribution in [0.1, 0.15) is 34.1 Å². The van der Waals surface area contributed by atoms with E-state index < -0.39 is 0 Å². The summed E-state index contributed by atoms with van der Waals surface area (Å²) >= 11 is 7.18. The summed E-state index contributed by atoms with van der Waals surface area (Å²) in [7, 11) is 0. The Hall–Kier alpha value is -1.72. The van der Waals surface area contributed by atoms with Gasteiger partial charge in [-0.15, -0.1) is 11.3 Å². The quantitative estimate of drug-likeness (QED) is 0.859. The largest absolute Gasteiger partial charge is 0.341 e. The van der Waals surface area contributed by atoms with E-state index in [1.54, 1.807) is 23.5 Å².